The fourth-order valence-electron chi connectivity index (χ4n) is 2.07. The number of hydrogen-bond donors (Lipinski definition) is 1. The third-order valence-corrected chi connectivity index (χ3v) is 2.92. The summed E-state index contributed by atoms with van der Waals surface area (Å²) >= 11 is 0. The molecule has 0 aliphatic carbocycles. The van der Waals surface area contributed by atoms with E-state index in [-0.39, 0.29) is 11.4 Å². The number of nitrogens with one attached hydrogen (secondary N) is 1. The molecule has 0 heterocycles. The van der Waals surface area contributed by atoms with Crippen LogP contribution >= 0.6 is 0 Å². The number of rotatable bonds is 4. The van der Waals surface area contributed by atoms with Crippen molar-refractivity contribution in [2.75, 3.05) is 0 Å². The van der Waals surface area contributed by atoms with Crippen LogP contribution in [0.15, 0.2) is 60.7 Å². The number of nitrogens with zero attached hydrogens (tertiary/aromatic N) is 1. The van der Waals surface area contributed by atoms with Crippen molar-refractivity contribution >= 4 is 5.91 Å². The lowest BCUT2D eigenvalue weighted by atomic mass is 10.1. The summed E-state index contributed by atoms with van der Waals surface area (Å²) in [5.74, 6) is -0.0191. The lowest BCUT2D eigenvalue weighted by molar-refractivity contribution is 0.0542. The van der Waals surface area contributed by atoms with Crippen LogP contribution in [0.25, 0.3) is 0 Å². The van der Waals surface area contributed by atoms with E-state index in [1.54, 1.807) is 5.01 Å². The first-order valence-electron chi connectivity index (χ1n) is 7.14. The van der Waals surface area contributed by atoms with Gasteiger partial charge in [0.2, 0.25) is 0 Å². The first-order valence-corrected chi connectivity index (χ1v) is 7.14. The largest absolute Gasteiger partial charge is 0.269 e. The Hall–Kier alpha value is -2.13. The summed E-state index contributed by atoms with van der Waals surface area (Å²) < 4.78 is 0. The number of benzene rings is 2. The third-order valence-electron chi connectivity index (χ3n) is 2.92. The molecule has 3 nitrogen and oxygen atoms in total. The van der Waals surface area contributed by atoms with Gasteiger partial charge < -0.3 is 0 Å². The average Bonchev–Trinajstić information content (AvgIpc) is 2.46. The van der Waals surface area contributed by atoms with Crippen LogP contribution in [0.4, 0.5) is 0 Å². The number of hydrogen-bond acceptors (Lipinski definition) is 2. The molecule has 0 atom stereocenters. The van der Waals surface area contributed by atoms with Crippen molar-refractivity contribution in [3.63, 3.8) is 0 Å². The molecule has 1 N–H and O–H groups in total. The number of amides is 1. The Labute approximate surface area is 126 Å². The highest BCUT2D eigenvalue weighted by atomic mass is 16.2. The number of carbonyl (C=O) groups is 1. The summed E-state index contributed by atoms with van der Waals surface area (Å²) in [5, 5.41) is 1.69. The van der Waals surface area contributed by atoms with Gasteiger partial charge in [0.05, 0.1) is 6.54 Å². The topological polar surface area (TPSA) is 32.3 Å². The molecule has 2 rings (SSSR count). The van der Waals surface area contributed by atoms with Crippen LogP contribution in [0.2, 0.25) is 0 Å². The van der Waals surface area contributed by atoms with E-state index in [4.69, 9.17) is 0 Å². The molecule has 0 aromatic heterocycles. The van der Waals surface area contributed by atoms with Gasteiger partial charge in [-0.3, -0.25) is 9.80 Å². The van der Waals surface area contributed by atoms with Crippen molar-refractivity contribution in [1.82, 2.24) is 10.4 Å². The molecule has 21 heavy (non-hydrogen) atoms. The van der Waals surface area contributed by atoms with Crippen LogP contribution in [-0.4, -0.2) is 16.5 Å². The van der Waals surface area contributed by atoms with E-state index < -0.39 is 0 Å². The minimum absolute atomic E-state index is 0.0191. The molecule has 3 heteroatoms. The maximum Gasteiger partial charge on any atom is 0.268 e. The first-order chi connectivity index (χ1) is 9.96. The van der Waals surface area contributed by atoms with Crippen LogP contribution in [0.5, 0.6) is 0 Å². The Morgan fingerprint density at radius 2 is 1.48 bits per heavy atom. The van der Waals surface area contributed by atoms with Crippen LogP contribution in [0.1, 0.15) is 36.7 Å². The van der Waals surface area contributed by atoms with E-state index in [0.29, 0.717) is 12.1 Å². The van der Waals surface area contributed by atoms with Gasteiger partial charge >= 0.3 is 0 Å². The van der Waals surface area contributed by atoms with Crippen LogP contribution in [0, 0.1) is 0 Å². The van der Waals surface area contributed by atoms with Crippen molar-refractivity contribution in [3.8, 4) is 0 Å². The van der Waals surface area contributed by atoms with Gasteiger partial charge in [-0.2, -0.15) is 0 Å². The Morgan fingerprint density at radius 3 is 2.00 bits per heavy atom. The minimum atomic E-state index is -0.181. The quantitative estimate of drug-likeness (QED) is 0.868. The van der Waals surface area contributed by atoms with Crippen molar-refractivity contribution in [3.05, 3.63) is 71.8 Å². The molecular weight excluding hydrogens is 260 g/mol. The Morgan fingerprint density at radius 1 is 0.952 bits per heavy atom. The molecule has 0 aliphatic rings. The molecule has 0 aliphatic heterocycles. The summed E-state index contributed by atoms with van der Waals surface area (Å²) in [6.07, 6.45) is 0. The molecule has 2 aromatic rings. The van der Waals surface area contributed by atoms with Crippen molar-refractivity contribution < 1.29 is 4.79 Å². The van der Waals surface area contributed by atoms with Gasteiger partial charge in [0, 0.05) is 11.1 Å². The summed E-state index contributed by atoms with van der Waals surface area (Å²) in [5.41, 5.74) is 4.89. The molecule has 0 saturated heterocycles. The molecule has 0 spiro atoms. The van der Waals surface area contributed by atoms with Gasteiger partial charge in [0.25, 0.3) is 5.91 Å². The molecule has 0 radical (unpaired) electrons. The highest BCUT2D eigenvalue weighted by molar-refractivity contribution is 5.93. The summed E-state index contributed by atoms with van der Waals surface area (Å²) in [7, 11) is 0. The second kappa shape index (κ2) is 6.55. The number of hydrazine groups is 1. The standard InChI is InChI=1S/C18H22N2O/c1-18(2,3)19-20(14-15-10-6-4-7-11-15)17(21)16-12-8-5-9-13-16/h4-13,19H,14H2,1-3H3. The maximum absolute atomic E-state index is 12.7. The van der Waals surface area contributed by atoms with Crippen molar-refractivity contribution in [2.45, 2.75) is 32.9 Å². The number of carbonyl (C=O) groups excluding carboxylic acids is 1. The fraction of sp³-hybridized carbons (Fsp3) is 0.278. The predicted molar refractivity (Wildman–Crippen MR) is 85.6 cm³/mol. The zero-order valence-electron chi connectivity index (χ0n) is 12.8. The summed E-state index contributed by atoms with van der Waals surface area (Å²) in [4.78, 5) is 12.7. The van der Waals surface area contributed by atoms with Gasteiger partial charge in [-0.1, -0.05) is 48.5 Å². The Kier molecular flexibility index (Phi) is 4.76. The summed E-state index contributed by atoms with van der Waals surface area (Å²) in [6.45, 7) is 6.67. The zero-order chi connectivity index (χ0) is 15.3. The second-order valence-electron chi connectivity index (χ2n) is 6.10. The molecule has 110 valence electrons. The molecular formula is C18H22N2O. The van der Waals surface area contributed by atoms with Gasteiger partial charge in [-0.15, -0.1) is 0 Å². The minimum Gasteiger partial charge on any atom is -0.269 e. The highest BCUT2D eigenvalue weighted by Crippen LogP contribution is 2.11. The lowest BCUT2D eigenvalue weighted by Crippen LogP contribution is -2.51. The molecule has 0 unspecified atom stereocenters. The van der Waals surface area contributed by atoms with E-state index in [9.17, 15) is 4.79 Å². The molecule has 1 amide bonds. The third kappa shape index (κ3) is 4.72. The van der Waals surface area contributed by atoms with Crippen molar-refractivity contribution in [1.29, 1.82) is 0 Å². The van der Waals surface area contributed by atoms with Gasteiger partial charge in [-0.05, 0) is 38.5 Å². The van der Waals surface area contributed by atoms with Crippen molar-refractivity contribution in [2.24, 2.45) is 0 Å². The van der Waals surface area contributed by atoms with E-state index in [0.717, 1.165) is 5.56 Å². The lowest BCUT2D eigenvalue weighted by Gasteiger charge is -2.32. The van der Waals surface area contributed by atoms with Crippen LogP contribution in [0.3, 0.4) is 0 Å². The molecule has 2 aromatic carbocycles. The smallest absolute Gasteiger partial charge is 0.268 e. The maximum atomic E-state index is 12.7. The fourth-order valence-corrected chi connectivity index (χ4v) is 2.07. The average molecular weight is 282 g/mol. The van der Waals surface area contributed by atoms with E-state index in [1.807, 2.05) is 81.4 Å². The second-order valence-corrected chi connectivity index (χ2v) is 6.10. The van der Waals surface area contributed by atoms with E-state index >= 15 is 0 Å². The predicted octanol–water partition coefficient (Wildman–Crippen LogP) is 3.63. The van der Waals surface area contributed by atoms with Gasteiger partial charge in [0.15, 0.2) is 0 Å². The first kappa shape index (κ1) is 15.3. The summed E-state index contributed by atoms with van der Waals surface area (Å²) in [6, 6.07) is 19.3. The van der Waals surface area contributed by atoms with E-state index in [1.165, 1.54) is 0 Å². The normalized spacial score (nSPS) is 11.2. The SMILES string of the molecule is CC(C)(C)NN(Cc1ccccc1)C(=O)c1ccccc1. The Balaban J connectivity index is 2.22. The van der Waals surface area contributed by atoms with Gasteiger partial charge in [0.1, 0.15) is 0 Å². The van der Waals surface area contributed by atoms with Gasteiger partial charge in [-0.25, -0.2) is 5.43 Å². The Bertz CT molecular complexity index is 573. The molecule has 0 saturated carbocycles. The highest BCUT2D eigenvalue weighted by Gasteiger charge is 2.21. The van der Waals surface area contributed by atoms with E-state index in [2.05, 4.69) is 5.43 Å². The van der Waals surface area contributed by atoms with Crippen LogP contribution in [-0.2, 0) is 6.54 Å². The molecule has 0 bridgehead atoms. The zero-order valence-corrected chi connectivity index (χ0v) is 12.8. The van der Waals surface area contributed by atoms with Crippen LogP contribution < -0.4 is 5.43 Å². The molecule has 0 fully saturated rings. The monoisotopic (exact) mass is 282 g/mol.